The smallest absolute Gasteiger partial charge is 0.0989 e. The molecule has 0 heterocycles. The van der Waals surface area contributed by atoms with Crippen LogP contribution < -0.4 is 5.32 Å². The van der Waals surface area contributed by atoms with E-state index in [0.717, 1.165) is 17.5 Å². The van der Waals surface area contributed by atoms with Crippen molar-refractivity contribution in [3.05, 3.63) is 36.1 Å². The summed E-state index contributed by atoms with van der Waals surface area (Å²) >= 11 is 0. The van der Waals surface area contributed by atoms with Gasteiger partial charge in [0.25, 0.3) is 0 Å². The molecule has 0 aromatic rings. The monoisotopic (exact) mass is 316 g/mol. The fourth-order valence-electron chi connectivity index (χ4n) is 3.64. The summed E-state index contributed by atoms with van der Waals surface area (Å²) in [6, 6.07) is 0.565. The molecule has 2 heteroatoms. The molecule has 0 radical (unpaired) electrons. The van der Waals surface area contributed by atoms with Crippen molar-refractivity contribution in [2.75, 3.05) is 0 Å². The number of allylic oxidation sites excluding steroid dienone is 4. The Kier molecular flexibility index (Phi) is 7.31. The summed E-state index contributed by atoms with van der Waals surface area (Å²) in [5, 5.41) is 3.61. The van der Waals surface area contributed by atoms with E-state index < -0.39 is 0 Å². The highest BCUT2D eigenvalue weighted by Crippen LogP contribution is 2.30. The maximum Gasteiger partial charge on any atom is 0.0989 e. The van der Waals surface area contributed by atoms with Crippen LogP contribution >= 0.6 is 0 Å². The van der Waals surface area contributed by atoms with Crippen LogP contribution in [0.3, 0.4) is 0 Å². The normalized spacial score (nSPS) is 24.0. The van der Waals surface area contributed by atoms with Crippen molar-refractivity contribution in [3.8, 4) is 0 Å². The van der Waals surface area contributed by atoms with Gasteiger partial charge in [-0.15, -0.1) is 6.58 Å². The molecule has 0 saturated heterocycles. The Morgan fingerprint density at radius 1 is 1.13 bits per heavy atom. The number of nitrogens with zero attached hydrogens (tertiary/aromatic N) is 1. The van der Waals surface area contributed by atoms with Crippen molar-refractivity contribution < 1.29 is 0 Å². The van der Waals surface area contributed by atoms with Gasteiger partial charge in [0, 0.05) is 11.7 Å². The molecule has 23 heavy (non-hydrogen) atoms. The lowest BCUT2D eigenvalue weighted by Gasteiger charge is -2.30. The molecular weight excluding hydrogens is 280 g/mol. The van der Waals surface area contributed by atoms with Crippen LogP contribution in [0.4, 0.5) is 0 Å². The van der Waals surface area contributed by atoms with Crippen molar-refractivity contribution in [3.63, 3.8) is 0 Å². The quantitative estimate of drug-likeness (QED) is 0.285. The topological polar surface area (TPSA) is 24.4 Å². The van der Waals surface area contributed by atoms with Crippen LogP contribution in [0.15, 0.2) is 41.1 Å². The first-order valence-electron chi connectivity index (χ1n) is 8.93. The zero-order chi connectivity index (χ0) is 17.6. The molecule has 130 valence electrons. The van der Waals surface area contributed by atoms with Crippen LogP contribution in [0, 0.1) is 11.3 Å². The first kappa shape index (κ1) is 19.7. The number of nitrogens with one attached hydrogen (secondary N) is 1. The highest BCUT2D eigenvalue weighted by atomic mass is 15.0. The van der Waals surface area contributed by atoms with E-state index in [4.69, 9.17) is 4.99 Å². The largest absolute Gasteiger partial charge is 0.371 e. The molecule has 1 N–H and O–H groups in total. The van der Waals surface area contributed by atoms with E-state index in [2.05, 4.69) is 60.0 Å². The van der Waals surface area contributed by atoms with Gasteiger partial charge in [0.15, 0.2) is 0 Å². The first-order valence-corrected chi connectivity index (χ1v) is 8.93. The SMILES string of the molecule is C=C/C(=C(C)\N=C(/C)NC1CCC(CC(=C)C)CC1)C(C)(C)C. The molecule has 1 fully saturated rings. The highest BCUT2D eigenvalue weighted by molar-refractivity contribution is 5.81. The van der Waals surface area contributed by atoms with Gasteiger partial charge in [-0.3, -0.25) is 0 Å². The van der Waals surface area contributed by atoms with Crippen LogP contribution in [0.5, 0.6) is 0 Å². The standard InChI is InChI=1S/C21H36N2/c1-9-20(21(6,7)8)16(4)22-17(5)23-19-12-10-18(11-13-19)14-15(2)3/h9,18-19H,1-2,10-14H2,3-8H3,(H,22,23)/b20-16+. The lowest BCUT2D eigenvalue weighted by atomic mass is 9.83. The molecule has 1 saturated carbocycles. The maximum absolute atomic E-state index is 4.78. The molecular formula is C21H36N2. The predicted molar refractivity (Wildman–Crippen MR) is 104 cm³/mol. The van der Waals surface area contributed by atoms with Gasteiger partial charge < -0.3 is 5.32 Å². The van der Waals surface area contributed by atoms with Gasteiger partial charge in [-0.25, -0.2) is 4.99 Å². The molecule has 0 aliphatic heterocycles. The Morgan fingerprint density at radius 2 is 1.70 bits per heavy atom. The van der Waals surface area contributed by atoms with Crippen molar-refractivity contribution in [2.24, 2.45) is 16.3 Å². The van der Waals surface area contributed by atoms with Crippen molar-refractivity contribution in [1.82, 2.24) is 5.32 Å². The molecule has 1 aliphatic rings. The Hall–Kier alpha value is -1.31. The molecule has 0 unspecified atom stereocenters. The van der Waals surface area contributed by atoms with Gasteiger partial charge in [-0.05, 0) is 69.8 Å². The number of amidine groups is 1. The molecule has 0 amide bonds. The molecule has 0 aromatic heterocycles. The van der Waals surface area contributed by atoms with Gasteiger partial charge in [-0.2, -0.15) is 0 Å². The summed E-state index contributed by atoms with van der Waals surface area (Å²) < 4.78 is 0. The van der Waals surface area contributed by atoms with Crippen LogP contribution in [0.1, 0.15) is 73.6 Å². The van der Waals surface area contributed by atoms with Gasteiger partial charge in [-0.1, -0.05) is 39.0 Å². The Bertz CT molecular complexity index is 480. The van der Waals surface area contributed by atoms with E-state index in [1.54, 1.807) is 0 Å². The average molecular weight is 317 g/mol. The van der Waals surface area contributed by atoms with Crippen molar-refractivity contribution in [1.29, 1.82) is 0 Å². The van der Waals surface area contributed by atoms with Crippen LogP contribution in [-0.2, 0) is 0 Å². The van der Waals surface area contributed by atoms with E-state index in [0.29, 0.717) is 6.04 Å². The Morgan fingerprint density at radius 3 is 2.13 bits per heavy atom. The van der Waals surface area contributed by atoms with E-state index >= 15 is 0 Å². The summed E-state index contributed by atoms with van der Waals surface area (Å²) in [5.74, 6) is 1.85. The van der Waals surface area contributed by atoms with Crippen LogP contribution in [-0.4, -0.2) is 11.9 Å². The minimum absolute atomic E-state index is 0.0796. The van der Waals surface area contributed by atoms with Gasteiger partial charge >= 0.3 is 0 Å². The number of rotatable bonds is 5. The Balaban J connectivity index is 2.63. The summed E-state index contributed by atoms with van der Waals surface area (Å²) in [4.78, 5) is 4.78. The minimum atomic E-state index is 0.0796. The number of aliphatic imine (C=N–C) groups is 1. The molecule has 1 rings (SSSR count). The summed E-state index contributed by atoms with van der Waals surface area (Å²) in [6.45, 7) is 20.9. The van der Waals surface area contributed by atoms with E-state index in [9.17, 15) is 0 Å². The average Bonchev–Trinajstić information content (AvgIpc) is 2.39. The molecule has 0 spiro atoms. The zero-order valence-corrected chi connectivity index (χ0v) is 16.1. The van der Waals surface area contributed by atoms with Crippen LogP contribution in [0.2, 0.25) is 0 Å². The minimum Gasteiger partial charge on any atom is -0.371 e. The second-order valence-corrected chi connectivity index (χ2v) is 8.17. The van der Waals surface area contributed by atoms with Crippen LogP contribution in [0.25, 0.3) is 0 Å². The number of hydrogen-bond acceptors (Lipinski definition) is 1. The van der Waals surface area contributed by atoms with Crippen molar-refractivity contribution >= 4 is 5.84 Å². The van der Waals surface area contributed by atoms with Gasteiger partial charge in [0.05, 0.1) is 5.84 Å². The lowest BCUT2D eigenvalue weighted by Crippen LogP contribution is -2.36. The molecule has 2 nitrogen and oxygen atoms in total. The lowest BCUT2D eigenvalue weighted by molar-refractivity contribution is 0.310. The fourth-order valence-corrected chi connectivity index (χ4v) is 3.64. The third-order valence-corrected chi connectivity index (χ3v) is 4.63. The van der Waals surface area contributed by atoms with Gasteiger partial charge in [0.1, 0.15) is 0 Å². The molecule has 0 bridgehead atoms. The second kappa shape index (κ2) is 8.52. The van der Waals surface area contributed by atoms with E-state index in [1.807, 2.05) is 6.08 Å². The summed E-state index contributed by atoms with van der Waals surface area (Å²) in [7, 11) is 0. The molecule has 0 aromatic carbocycles. The first-order chi connectivity index (χ1) is 10.6. The predicted octanol–water partition coefficient (Wildman–Crippen LogP) is 6.03. The highest BCUT2D eigenvalue weighted by Gasteiger charge is 2.21. The third-order valence-electron chi connectivity index (χ3n) is 4.63. The van der Waals surface area contributed by atoms with Crippen molar-refractivity contribution in [2.45, 2.75) is 79.7 Å². The molecule has 0 atom stereocenters. The summed E-state index contributed by atoms with van der Waals surface area (Å²) in [5.41, 5.74) is 3.67. The zero-order valence-electron chi connectivity index (χ0n) is 16.1. The fraction of sp³-hybridized carbons (Fsp3) is 0.667. The van der Waals surface area contributed by atoms with E-state index in [1.165, 1.54) is 43.3 Å². The maximum atomic E-state index is 4.78. The van der Waals surface area contributed by atoms with Gasteiger partial charge in [0.2, 0.25) is 0 Å². The number of hydrogen-bond donors (Lipinski definition) is 1. The third kappa shape index (κ3) is 6.76. The molecule has 1 aliphatic carbocycles. The van der Waals surface area contributed by atoms with E-state index in [-0.39, 0.29) is 5.41 Å². The second-order valence-electron chi connectivity index (χ2n) is 8.17. The Labute approximate surface area is 143 Å². The summed E-state index contributed by atoms with van der Waals surface area (Å²) in [6.07, 6.45) is 8.20.